The minimum atomic E-state index is -0.590. The lowest BCUT2D eigenvalue weighted by Gasteiger charge is -2.11. The predicted octanol–water partition coefficient (Wildman–Crippen LogP) is 4.11. The summed E-state index contributed by atoms with van der Waals surface area (Å²) in [5.41, 5.74) is 0.209. The van der Waals surface area contributed by atoms with E-state index in [1.807, 2.05) is 0 Å². The second-order valence-electron chi connectivity index (χ2n) is 5.05. The van der Waals surface area contributed by atoms with Gasteiger partial charge in [0.1, 0.15) is 0 Å². The summed E-state index contributed by atoms with van der Waals surface area (Å²) in [4.78, 5) is 24.0. The molecule has 0 bridgehead atoms. The van der Waals surface area contributed by atoms with Gasteiger partial charge in [-0.25, -0.2) is 9.59 Å². The van der Waals surface area contributed by atoms with Gasteiger partial charge in [0.25, 0.3) is 0 Å². The van der Waals surface area contributed by atoms with Crippen LogP contribution >= 0.6 is 11.6 Å². The van der Waals surface area contributed by atoms with Crippen molar-refractivity contribution in [2.45, 2.75) is 33.6 Å². The number of halogens is 1. The van der Waals surface area contributed by atoms with Crippen LogP contribution in [0.15, 0.2) is 18.2 Å². The van der Waals surface area contributed by atoms with Crippen molar-refractivity contribution in [2.24, 2.45) is 5.92 Å². The average Bonchev–Trinajstić information content (AvgIpc) is 2.43. The smallest absolute Gasteiger partial charge is 0.340 e. The molecule has 0 aromatic heterocycles. The Kier molecular flexibility index (Phi) is 7.23. The van der Waals surface area contributed by atoms with Crippen molar-refractivity contribution in [3.05, 3.63) is 34.3 Å². The molecule has 1 aromatic carbocycles. The second kappa shape index (κ2) is 8.67. The number of esters is 2. The molecule has 0 fully saturated rings. The Balaban J connectivity index is 2.80. The van der Waals surface area contributed by atoms with Crippen LogP contribution in [-0.2, 0) is 9.47 Å². The Morgan fingerprint density at radius 2 is 1.90 bits per heavy atom. The van der Waals surface area contributed by atoms with Crippen LogP contribution in [-0.4, -0.2) is 25.2 Å². The highest BCUT2D eigenvalue weighted by Gasteiger charge is 2.22. The van der Waals surface area contributed by atoms with Gasteiger partial charge < -0.3 is 9.47 Å². The third-order valence-corrected chi connectivity index (χ3v) is 3.19. The molecular formula is C16H21ClO4. The fraction of sp³-hybridized carbons (Fsp3) is 0.500. The molecular weight excluding hydrogens is 292 g/mol. The van der Waals surface area contributed by atoms with E-state index in [1.54, 1.807) is 19.1 Å². The van der Waals surface area contributed by atoms with Crippen LogP contribution in [0.2, 0.25) is 5.02 Å². The van der Waals surface area contributed by atoms with Gasteiger partial charge in [0.05, 0.1) is 29.4 Å². The van der Waals surface area contributed by atoms with E-state index in [0.29, 0.717) is 12.5 Å². The molecule has 5 heteroatoms. The summed E-state index contributed by atoms with van der Waals surface area (Å²) in [5.74, 6) is -0.611. The van der Waals surface area contributed by atoms with Gasteiger partial charge in [-0.05, 0) is 37.8 Å². The van der Waals surface area contributed by atoms with E-state index in [2.05, 4.69) is 13.8 Å². The van der Waals surface area contributed by atoms with Crippen molar-refractivity contribution in [1.82, 2.24) is 0 Å². The summed E-state index contributed by atoms with van der Waals surface area (Å²) in [5, 5.41) is 0.189. The molecule has 21 heavy (non-hydrogen) atoms. The molecule has 0 aliphatic heterocycles. The highest BCUT2D eigenvalue weighted by atomic mass is 35.5. The summed E-state index contributed by atoms with van der Waals surface area (Å²) in [6.45, 7) is 6.45. The lowest BCUT2D eigenvalue weighted by atomic mass is 10.1. The molecule has 0 saturated carbocycles. The maximum Gasteiger partial charge on any atom is 0.340 e. The first-order valence-electron chi connectivity index (χ1n) is 7.10. The number of rotatable bonds is 7. The minimum absolute atomic E-state index is 0.0714. The quantitative estimate of drug-likeness (QED) is 0.561. The topological polar surface area (TPSA) is 52.6 Å². The zero-order chi connectivity index (χ0) is 15.8. The fourth-order valence-electron chi connectivity index (χ4n) is 1.84. The van der Waals surface area contributed by atoms with Crippen molar-refractivity contribution in [3.8, 4) is 0 Å². The molecule has 1 rings (SSSR count). The molecule has 0 radical (unpaired) electrons. The molecule has 0 N–H and O–H groups in total. The van der Waals surface area contributed by atoms with E-state index in [9.17, 15) is 9.59 Å². The Hall–Kier alpha value is -1.55. The van der Waals surface area contributed by atoms with Crippen LogP contribution in [0.25, 0.3) is 0 Å². The molecule has 1 aromatic rings. The summed E-state index contributed by atoms with van der Waals surface area (Å²) in [6.07, 6.45) is 1.75. The number of benzene rings is 1. The van der Waals surface area contributed by atoms with E-state index in [1.165, 1.54) is 6.07 Å². The van der Waals surface area contributed by atoms with Crippen LogP contribution in [0.5, 0.6) is 0 Å². The van der Waals surface area contributed by atoms with E-state index >= 15 is 0 Å². The van der Waals surface area contributed by atoms with E-state index in [0.717, 1.165) is 12.8 Å². The largest absolute Gasteiger partial charge is 0.462 e. The van der Waals surface area contributed by atoms with Crippen molar-refractivity contribution in [3.63, 3.8) is 0 Å². The Labute approximate surface area is 130 Å². The fourth-order valence-corrected chi connectivity index (χ4v) is 2.09. The van der Waals surface area contributed by atoms with Crippen LogP contribution in [0, 0.1) is 5.92 Å². The first kappa shape index (κ1) is 17.5. The molecule has 0 aliphatic rings. The van der Waals surface area contributed by atoms with Crippen LogP contribution in [0.1, 0.15) is 54.3 Å². The molecule has 0 unspecified atom stereocenters. The number of hydrogen-bond acceptors (Lipinski definition) is 4. The molecule has 0 saturated heterocycles. The first-order chi connectivity index (χ1) is 9.97. The van der Waals surface area contributed by atoms with Crippen molar-refractivity contribution < 1.29 is 19.1 Å². The summed E-state index contributed by atoms with van der Waals surface area (Å²) < 4.78 is 10.1. The second-order valence-corrected chi connectivity index (χ2v) is 5.46. The van der Waals surface area contributed by atoms with E-state index in [4.69, 9.17) is 21.1 Å². The number of hydrogen-bond donors (Lipinski definition) is 0. The SMILES string of the molecule is CCOC(=O)c1cccc(Cl)c1C(=O)OCCCC(C)C. The highest BCUT2D eigenvalue weighted by Crippen LogP contribution is 2.22. The predicted molar refractivity (Wildman–Crippen MR) is 81.8 cm³/mol. The van der Waals surface area contributed by atoms with Gasteiger partial charge in [-0.2, -0.15) is 0 Å². The number of carbonyl (C=O) groups is 2. The zero-order valence-corrected chi connectivity index (χ0v) is 13.4. The normalized spacial score (nSPS) is 10.5. The van der Waals surface area contributed by atoms with Gasteiger partial charge in [-0.1, -0.05) is 31.5 Å². The van der Waals surface area contributed by atoms with Gasteiger partial charge >= 0.3 is 11.9 Å². The molecule has 0 atom stereocenters. The molecule has 0 spiro atoms. The van der Waals surface area contributed by atoms with Gasteiger partial charge in [0, 0.05) is 0 Å². The van der Waals surface area contributed by atoms with Crippen molar-refractivity contribution in [1.29, 1.82) is 0 Å². The van der Waals surface area contributed by atoms with E-state index in [-0.39, 0.29) is 22.8 Å². The molecule has 4 nitrogen and oxygen atoms in total. The zero-order valence-electron chi connectivity index (χ0n) is 12.6. The number of ether oxygens (including phenoxy) is 2. The Bertz CT molecular complexity index is 497. The third-order valence-electron chi connectivity index (χ3n) is 2.87. The van der Waals surface area contributed by atoms with Crippen LogP contribution in [0.3, 0.4) is 0 Å². The standard InChI is InChI=1S/C16H21ClO4/c1-4-20-15(18)12-8-5-9-13(17)14(12)16(19)21-10-6-7-11(2)3/h5,8-9,11H,4,6-7,10H2,1-3H3. The Morgan fingerprint density at radius 1 is 1.19 bits per heavy atom. The first-order valence-corrected chi connectivity index (χ1v) is 7.47. The average molecular weight is 313 g/mol. The summed E-state index contributed by atoms with van der Waals surface area (Å²) in [6, 6.07) is 4.66. The van der Waals surface area contributed by atoms with Gasteiger partial charge in [-0.15, -0.1) is 0 Å². The van der Waals surface area contributed by atoms with Crippen molar-refractivity contribution >= 4 is 23.5 Å². The Morgan fingerprint density at radius 3 is 2.52 bits per heavy atom. The maximum atomic E-state index is 12.1. The monoisotopic (exact) mass is 312 g/mol. The van der Waals surface area contributed by atoms with Crippen molar-refractivity contribution in [2.75, 3.05) is 13.2 Å². The molecule has 0 heterocycles. The minimum Gasteiger partial charge on any atom is -0.462 e. The van der Waals surface area contributed by atoms with Crippen LogP contribution < -0.4 is 0 Å². The van der Waals surface area contributed by atoms with Gasteiger partial charge in [-0.3, -0.25) is 0 Å². The maximum absolute atomic E-state index is 12.1. The van der Waals surface area contributed by atoms with E-state index < -0.39 is 11.9 Å². The lowest BCUT2D eigenvalue weighted by Crippen LogP contribution is -2.15. The number of carbonyl (C=O) groups excluding carboxylic acids is 2. The third kappa shape index (κ3) is 5.38. The molecule has 0 amide bonds. The van der Waals surface area contributed by atoms with Crippen LogP contribution in [0.4, 0.5) is 0 Å². The summed E-state index contributed by atoms with van der Waals surface area (Å²) in [7, 11) is 0. The van der Waals surface area contributed by atoms with Gasteiger partial charge in [0.15, 0.2) is 0 Å². The summed E-state index contributed by atoms with van der Waals surface area (Å²) >= 11 is 6.02. The molecule has 116 valence electrons. The van der Waals surface area contributed by atoms with Gasteiger partial charge in [0.2, 0.25) is 0 Å². The highest BCUT2D eigenvalue weighted by molar-refractivity contribution is 6.34. The lowest BCUT2D eigenvalue weighted by molar-refractivity contribution is 0.0461. The molecule has 0 aliphatic carbocycles.